The molecule has 1 aromatic heterocycles. The van der Waals surface area contributed by atoms with Crippen LogP contribution in [0.4, 0.5) is 0 Å². The van der Waals surface area contributed by atoms with E-state index in [-0.39, 0.29) is 19.0 Å². The molecule has 1 aromatic rings. The molecule has 2 rings (SSSR count). The number of imide groups is 1. The molecule has 0 unspecified atom stereocenters. The second kappa shape index (κ2) is 4.46. The number of halogens is 1. The monoisotopic (exact) mass is 272 g/mol. The third-order valence-corrected chi connectivity index (χ3v) is 4.01. The van der Waals surface area contributed by atoms with Crippen molar-refractivity contribution >= 4 is 40.7 Å². The molecule has 90 valence electrons. The van der Waals surface area contributed by atoms with Gasteiger partial charge in [-0.2, -0.15) is 0 Å². The number of hydrogen-bond acceptors (Lipinski definition) is 4. The van der Waals surface area contributed by atoms with E-state index < -0.39 is 11.8 Å². The molecule has 0 atom stereocenters. The lowest BCUT2D eigenvalue weighted by Gasteiger charge is -2.24. The van der Waals surface area contributed by atoms with E-state index in [9.17, 15) is 14.4 Å². The Bertz CT molecular complexity index is 496. The summed E-state index contributed by atoms with van der Waals surface area (Å²) in [5, 5.41) is 4.29. The van der Waals surface area contributed by atoms with Crippen molar-refractivity contribution in [1.29, 1.82) is 0 Å². The van der Waals surface area contributed by atoms with E-state index in [0.29, 0.717) is 9.90 Å². The summed E-state index contributed by atoms with van der Waals surface area (Å²) in [7, 11) is 0. The maximum atomic E-state index is 12.0. The molecule has 1 aliphatic rings. The van der Waals surface area contributed by atoms with Crippen molar-refractivity contribution in [2.24, 2.45) is 0 Å². The van der Waals surface area contributed by atoms with Gasteiger partial charge in [0, 0.05) is 0 Å². The predicted octanol–water partition coefficient (Wildman–Crippen LogP) is 0.809. The quantitative estimate of drug-likeness (QED) is 0.770. The maximum absolute atomic E-state index is 12.0. The molecule has 0 bridgehead atoms. The molecule has 1 N–H and O–H groups in total. The molecule has 0 aromatic carbocycles. The summed E-state index contributed by atoms with van der Waals surface area (Å²) < 4.78 is 0. The number of rotatable bonds is 1. The number of carbonyl (C=O) groups is 3. The van der Waals surface area contributed by atoms with Crippen molar-refractivity contribution in [2.45, 2.75) is 6.92 Å². The van der Waals surface area contributed by atoms with Gasteiger partial charge in [-0.3, -0.25) is 19.7 Å². The number of piperazine rings is 1. The van der Waals surface area contributed by atoms with E-state index in [1.54, 1.807) is 12.3 Å². The molecular formula is C10H9ClN2O3S. The molecule has 1 saturated heterocycles. The molecule has 0 radical (unpaired) electrons. The summed E-state index contributed by atoms with van der Waals surface area (Å²) in [5.74, 6) is -1.32. The minimum absolute atomic E-state index is 0.113. The third kappa shape index (κ3) is 2.32. The Hall–Kier alpha value is -1.40. The molecule has 3 amide bonds. The van der Waals surface area contributed by atoms with Gasteiger partial charge in [0.25, 0.3) is 5.91 Å². The van der Waals surface area contributed by atoms with Crippen LogP contribution in [0.15, 0.2) is 5.38 Å². The fourth-order valence-electron chi connectivity index (χ4n) is 1.50. The summed E-state index contributed by atoms with van der Waals surface area (Å²) in [4.78, 5) is 35.9. The van der Waals surface area contributed by atoms with Crippen LogP contribution >= 0.6 is 22.9 Å². The van der Waals surface area contributed by atoms with Crippen molar-refractivity contribution in [2.75, 3.05) is 13.1 Å². The molecule has 2 heterocycles. The number of nitrogens with zero attached hydrogens (tertiary/aromatic N) is 1. The van der Waals surface area contributed by atoms with E-state index in [1.807, 2.05) is 0 Å². The molecule has 0 aliphatic carbocycles. The minimum atomic E-state index is -0.473. The second-order valence-electron chi connectivity index (χ2n) is 3.69. The summed E-state index contributed by atoms with van der Waals surface area (Å²) in [5.41, 5.74) is 0.813. The Morgan fingerprint density at radius 3 is 2.47 bits per heavy atom. The first-order valence-electron chi connectivity index (χ1n) is 4.84. The third-order valence-electron chi connectivity index (χ3n) is 2.33. The summed E-state index contributed by atoms with van der Waals surface area (Å²) in [6, 6.07) is 0. The van der Waals surface area contributed by atoms with Crippen LogP contribution in [0.3, 0.4) is 0 Å². The van der Waals surface area contributed by atoms with Gasteiger partial charge >= 0.3 is 0 Å². The Morgan fingerprint density at radius 2 is 2.00 bits per heavy atom. The lowest BCUT2D eigenvalue weighted by molar-refractivity contribution is -0.135. The highest BCUT2D eigenvalue weighted by Gasteiger charge is 2.29. The largest absolute Gasteiger partial charge is 0.319 e. The van der Waals surface area contributed by atoms with Crippen LogP contribution in [0, 0.1) is 6.92 Å². The molecule has 5 nitrogen and oxygen atoms in total. The number of amides is 3. The Balaban J connectivity index is 2.23. The van der Waals surface area contributed by atoms with E-state index in [2.05, 4.69) is 5.32 Å². The van der Waals surface area contributed by atoms with E-state index in [0.717, 1.165) is 5.56 Å². The number of carbonyl (C=O) groups excluding carboxylic acids is 3. The zero-order chi connectivity index (χ0) is 12.6. The Labute approximate surface area is 106 Å². The Kier molecular flexibility index (Phi) is 3.17. The minimum Gasteiger partial charge on any atom is -0.319 e. The Morgan fingerprint density at radius 1 is 1.41 bits per heavy atom. The van der Waals surface area contributed by atoms with Crippen molar-refractivity contribution in [1.82, 2.24) is 10.2 Å². The van der Waals surface area contributed by atoms with Crippen LogP contribution in [-0.2, 0) is 9.59 Å². The zero-order valence-corrected chi connectivity index (χ0v) is 10.5. The van der Waals surface area contributed by atoms with Crippen LogP contribution in [0.2, 0.25) is 5.02 Å². The highest BCUT2D eigenvalue weighted by atomic mass is 35.5. The molecule has 0 spiro atoms. The number of hydrogen-bond donors (Lipinski definition) is 1. The summed E-state index contributed by atoms with van der Waals surface area (Å²) >= 11 is 7.19. The van der Waals surface area contributed by atoms with Crippen LogP contribution in [0.25, 0.3) is 0 Å². The second-order valence-corrected chi connectivity index (χ2v) is 4.95. The fourth-order valence-corrected chi connectivity index (χ4v) is 2.74. The number of thiophene rings is 1. The highest BCUT2D eigenvalue weighted by molar-refractivity contribution is 7.13. The van der Waals surface area contributed by atoms with Gasteiger partial charge in [0.05, 0.1) is 5.02 Å². The van der Waals surface area contributed by atoms with Crippen molar-refractivity contribution in [3.05, 3.63) is 20.8 Å². The van der Waals surface area contributed by atoms with Gasteiger partial charge in [-0.15, -0.1) is 11.3 Å². The topological polar surface area (TPSA) is 66.5 Å². The van der Waals surface area contributed by atoms with Gasteiger partial charge in [0.15, 0.2) is 0 Å². The molecule has 1 fully saturated rings. The average molecular weight is 273 g/mol. The van der Waals surface area contributed by atoms with Crippen LogP contribution in [0.5, 0.6) is 0 Å². The SMILES string of the molecule is Cc1csc(C(=O)N2CC(=O)NC(=O)C2)c1Cl. The van der Waals surface area contributed by atoms with E-state index in [1.165, 1.54) is 16.2 Å². The van der Waals surface area contributed by atoms with Crippen molar-refractivity contribution in [3.8, 4) is 0 Å². The number of nitrogens with one attached hydrogen (secondary N) is 1. The summed E-state index contributed by atoms with van der Waals surface area (Å²) in [6.07, 6.45) is 0. The fraction of sp³-hybridized carbons (Fsp3) is 0.300. The summed E-state index contributed by atoms with van der Waals surface area (Å²) in [6.45, 7) is 1.57. The normalized spacial score (nSPS) is 16.0. The maximum Gasteiger partial charge on any atom is 0.266 e. The molecule has 17 heavy (non-hydrogen) atoms. The van der Waals surface area contributed by atoms with Crippen LogP contribution in [-0.4, -0.2) is 35.7 Å². The standard InChI is InChI=1S/C10H9ClN2O3S/c1-5-4-17-9(8(5)11)10(16)13-2-6(14)12-7(15)3-13/h4H,2-3H2,1H3,(H,12,14,15). The highest BCUT2D eigenvalue weighted by Crippen LogP contribution is 2.28. The molecule has 1 aliphatic heterocycles. The van der Waals surface area contributed by atoms with Gasteiger partial charge < -0.3 is 4.90 Å². The van der Waals surface area contributed by atoms with Crippen molar-refractivity contribution < 1.29 is 14.4 Å². The first-order chi connectivity index (χ1) is 7.99. The van der Waals surface area contributed by atoms with Gasteiger partial charge in [-0.05, 0) is 17.9 Å². The van der Waals surface area contributed by atoms with E-state index >= 15 is 0 Å². The van der Waals surface area contributed by atoms with E-state index in [4.69, 9.17) is 11.6 Å². The lowest BCUT2D eigenvalue weighted by atomic mass is 10.3. The van der Waals surface area contributed by atoms with Gasteiger partial charge in [-0.25, -0.2) is 0 Å². The van der Waals surface area contributed by atoms with Crippen LogP contribution < -0.4 is 5.32 Å². The first kappa shape index (κ1) is 12.1. The van der Waals surface area contributed by atoms with Gasteiger partial charge in [-0.1, -0.05) is 11.6 Å². The smallest absolute Gasteiger partial charge is 0.266 e. The first-order valence-corrected chi connectivity index (χ1v) is 6.10. The van der Waals surface area contributed by atoms with Gasteiger partial charge in [0.2, 0.25) is 11.8 Å². The average Bonchev–Trinajstić information content (AvgIpc) is 2.57. The molecule has 0 saturated carbocycles. The zero-order valence-electron chi connectivity index (χ0n) is 8.95. The number of aryl methyl sites for hydroxylation is 1. The van der Waals surface area contributed by atoms with Gasteiger partial charge in [0.1, 0.15) is 18.0 Å². The molecule has 7 heteroatoms. The lowest BCUT2D eigenvalue weighted by Crippen LogP contribution is -2.53. The van der Waals surface area contributed by atoms with Crippen LogP contribution in [0.1, 0.15) is 15.2 Å². The predicted molar refractivity (Wildman–Crippen MR) is 63.1 cm³/mol. The van der Waals surface area contributed by atoms with Crippen molar-refractivity contribution in [3.63, 3.8) is 0 Å². The molecular weight excluding hydrogens is 264 g/mol.